The molecule has 0 bridgehead atoms. The normalized spacial score (nSPS) is 11.0. The van der Waals surface area contributed by atoms with Crippen molar-refractivity contribution >= 4 is 30.9 Å². The summed E-state index contributed by atoms with van der Waals surface area (Å²) in [5.41, 5.74) is 4.14. The van der Waals surface area contributed by atoms with E-state index in [1.54, 1.807) is 12.1 Å². The molecule has 0 saturated heterocycles. The summed E-state index contributed by atoms with van der Waals surface area (Å²) in [6.07, 6.45) is 7.22. The molecule has 1 nitrogen and oxygen atoms in total. The number of carbonyl (C=O) groups is 1. The molecule has 0 aliphatic heterocycles. The van der Waals surface area contributed by atoms with E-state index in [1.807, 2.05) is 97.1 Å². The zero-order valence-electron chi connectivity index (χ0n) is 14.4. The minimum atomic E-state index is -0.0458. The molecule has 0 aliphatic carbocycles. The average Bonchev–Trinajstić information content (AvgIpc) is 2.72. The predicted molar refractivity (Wildman–Crippen MR) is 112 cm³/mol. The van der Waals surface area contributed by atoms with E-state index in [-0.39, 0.29) is 5.78 Å². The van der Waals surface area contributed by atoms with E-state index in [0.717, 1.165) is 16.7 Å². The van der Waals surface area contributed by atoms with Crippen molar-refractivity contribution in [3.05, 3.63) is 119 Å². The molecule has 0 spiro atoms. The number of benzene rings is 3. The van der Waals surface area contributed by atoms with Gasteiger partial charge in [-0.1, -0.05) is 0 Å². The fourth-order valence-electron chi connectivity index (χ4n) is 2.53. The SMILES string of the molecule is [B]=C(/C=C/c1ccccc1)c1cccc(C(=O)/C=C/c2ccccc2)c1. The maximum absolute atomic E-state index is 12.4. The summed E-state index contributed by atoms with van der Waals surface area (Å²) in [4.78, 5) is 12.4. The summed E-state index contributed by atoms with van der Waals surface area (Å²) < 4.78 is 0. The molecule has 0 fully saturated rings. The Hall–Kier alpha value is -3.26. The van der Waals surface area contributed by atoms with E-state index in [0.29, 0.717) is 11.0 Å². The molecule has 0 aliphatic rings. The molecule has 0 saturated carbocycles. The fraction of sp³-hybridized carbons (Fsp3) is 0. The molecule has 0 N–H and O–H groups in total. The number of ketones is 1. The molecule has 0 heterocycles. The third-order valence-corrected chi connectivity index (χ3v) is 3.96. The van der Waals surface area contributed by atoms with Crippen molar-refractivity contribution in [3.8, 4) is 0 Å². The molecule has 123 valence electrons. The molecule has 2 heteroatoms. The standard InChI is InChI=1S/C24H18BO/c25-23(16-14-19-8-3-1-4-9-19)21-12-7-13-22(18-21)24(26)17-15-20-10-5-2-6-11-20/h1-18H/b16-14+,17-15+. The van der Waals surface area contributed by atoms with Gasteiger partial charge in [-0.15, -0.1) is 0 Å². The second kappa shape index (κ2) is 8.73. The molecule has 1 radical (unpaired) electrons. The molecular formula is C24H18BO. The van der Waals surface area contributed by atoms with Gasteiger partial charge >= 0.3 is 155 Å². The predicted octanol–water partition coefficient (Wildman–Crippen LogP) is 4.99. The van der Waals surface area contributed by atoms with Crippen LogP contribution < -0.4 is 0 Å². The van der Waals surface area contributed by atoms with Crippen LogP contribution in [0.2, 0.25) is 0 Å². The summed E-state index contributed by atoms with van der Waals surface area (Å²) in [6.45, 7) is 0. The monoisotopic (exact) mass is 333 g/mol. The molecule has 0 aromatic heterocycles. The molecule has 3 aromatic rings. The first-order valence-electron chi connectivity index (χ1n) is 8.46. The Morgan fingerprint density at radius 2 is 1.19 bits per heavy atom. The van der Waals surface area contributed by atoms with E-state index >= 15 is 0 Å². The van der Waals surface area contributed by atoms with Crippen LogP contribution >= 0.6 is 0 Å². The third kappa shape index (κ3) is 4.87. The van der Waals surface area contributed by atoms with Gasteiger partial charge in [0, 0.05) is 0 Å². The Kier molecular flexibility index (Phi) is 5.90. The van der Waals surface area contributed by atoms with E-state index in [2.05, 4.69) is 0 Å². The molecular weight excluding hydrogens is 315 g/mol. The number of hydrogen-bond donors (Lipinski definition) is 0. The fourth-order valence-corrected chi connectivity index (χ4v) is 2.53. The van der Waals surface area contributed by atoms with Crippen molar-refractivity contribution in [3.63, 3.8) is 0 Å². The third-order valence-electron chi connectivity index (χ3n) is 3.96. The zero-order chi connectivity index (χ0) is 18.2. The van der Waals surface area contributed by atoms with Gasteiger partial charge in [-0.05, 0) is 0 Å². The first-order chi connectivity index (χ1) is 12.7. The van der Waals surface area contributed by atoms with Gasteiger partial charge < -0.3 is 0 Å². The number of hydrogen-bond acceptors (Lipinski definition) is 1. The van der Waals surface area contributed by atoms with Crippen molar-refractivity contribution in [2.24, 2.45) is 0 Å². The molecule has 0 atom stereocenters. The van der Waals surface area contributed by atoms with E-state index in [4.69, 9.17) is 7.49 Å². The summed E-state index contributed by atoms with van der Waals surface area (Å²) in [6, 6.07) is 27.1. The summed E-state index contributed by atoms with van der Waals surface area (Å²) >= 11 is 0. The van der Waals surface area contributed by atoms with Crippen LogP contribution in [0.3, 0.4) is 0 Å². The van der Waals surface area contributed by atoms with Gasteiger partial charge in [0.1, 0.15) is 0 Å². The van der Waals surface area contributed by atoms with Gasteiger partial charge in [0.2, 0.25) is 0 Å². The first kappa shape index (κ1) is 17.6. The van der Waals surface area contributed by atoms with Gasteiger partial charge in [0.15, 0.2) is 0 Å². The molecule has 0 unspecified atom stereocenters. The van der Waals surface area contributed by atoms with Crippen LogP contribution in [-0.4, -0.2) is 18.7 Å². The summed E-state index contributed by atoms with van der Waals surface area (Å²) in [5.74, 6) is -0.0458. The van der Waals surface area contributed by atoms with E-state index < -0.39 is 0 Å². The molecule has 3 aromatic carbocycles. The van der Waals surface area contributed by atoms with Crippen LogP contribution in [0, 0.1) is 0 Å². The van der Waals surface area contributed by atoms with Crippen molar-refractivity contribution in [1.29, 1.82) is 0 Å². The van der Waals surface area contributed by atoms with Gasteiger partial charge in [-0.3, -0.25) is 0 Å². The van der Waals surface area contributed by atoms with Gasteiger partial charge in [-0.25, -0.2) is 0 Å². The second-order valence-corrected chi connectivity index (χ2v) is 5.89. The van der Waals surface area contributed by atoms with Crippen LogP contribution in [0.1, 0.15) is 27.0 Å². The van der Waals surface area contributed by atoms with Crippen LogP contribution in [-0.2, 0) is 0 Å². The van der Waals surface area contributed by atoms with Gasteiger partial charge in [0.25, 0.3) is 0 Å². The number of rotatable bonds is 6. The van der Waals surface area contributed by atoms with Crippen molar-refractivity contribution in [1.82, 2.24) is 0 Å². The quantitative estimate of drug-likeness (QED) is 0.353. The van der Waals surface area contributed by atoms with E-state index in [1.165, 1.54) is 0 Å². The van der Waals surface area contributed by atoms with Crippen molar-refractivity contribution < 1.29 is 4.79 Å². The van der Waals surface area contributed by atoms with Crippen LogP contribution in [0.4, 0.5) is 0 Å². The number of allylic oxidation sites excluding steroid dienone is 2. The Morgan fingerprint density at radius 3 is 1.81 bits per heavy atom. The Bertz CT molecular complexity index is 877. The Labute approximate surface area is 155 Å². The molecule has 0 amide bonds. The van der Waals surface area contributed by atoms with Gasteiger partial charge in [0.05, 0.1) is 0 Å². The molecule has 26 heavy (non-hydrogen) atoms. The number of carbonyl (C=O) groups excluding carboxylic acids is 1. The summed E-state index contributed by atoms with van der Waals surface area (Å²) in [5, 5.41) is 0. The first-order valence-corrected chi connectivity index (χ1v) is 8.46. The average molecular weight is 333 g/mol. The van der Waals surface area contributed by atoms with E-state index in [9.17, 15) is 4.79 Å². The zero-order valence-corrected chi connectivity index (χ0v) is 14.4. The van der Waals surface area contributed by atoms with Crippen LogP contribution in [0.15, 0.2) is 97.1 Å². The van der Waals surface area contributed by atoms with Crippen molar-refractivity contribution in [2.45, 2.75) is 0 Å². The Balaban J connectivity index is 1.73. The topological polar surface area (TPSA) is 17.1 Å². The minimum absolute atomic E-state index is 0.0458. The van der Waals surface area contributed by atoms with Crippen molar-refractivity contribution in [2.75, 3.05) is 0 Å². The second-order valence-electron chi connectivity index (χ2n) is 5.89. The van der Waals surface area contributed by atoms with Crippen LogP contribution in [0.25, 0.3) is 12.2 Å². The Morgan fingerprint density at radius 1 is 0.654 bits per heavy atom. The van der Waals surface area contributed by atoms with Gasteiger partial charge in [-0.2, -0.15) is 0 Å². The summed E-state index contributed by atoms with van der Waals surface area (Å²) in [7, 11) is 6.18. The molecule has 3 rings (SSSR count). The van der Waals surface area contributed by atoms with Crippen LogP contribution in [0.5, 0.6) is 0 Å². The maximum atomic E-state index is 12.4.